The van der Waals surface area contributed by atoms with Crippen LogP contribution in [0.25, 0.3) is 6.08 Å². The van der Waals surface area contributed by atoms with Crippen LogP contribution in [0.4, 0.5) is 5.69 Å². The van der Waals surface area contributed by atoms with E-state index in [1.54, 1.807) is 49.6 Å². The van der Waals surface area contributed by atoms with Crippen LogP contribution in [0.5, 0.6) is 17.2 Å². The second-order valence-electron chi connectivity index (χ2n) is 9.48. The van der Waals surface area contributed by atoms with Crippen LogP contribution in [-0.2, 0) is 9.59 Å². The molecule has 0 aromatic heterocycles. The van der Waals surface area contributed by atoms with Crippen molar-refractivity contribution in [2.75, 3.05) is 18.8 Å². The predicted octanol–water partition coefficient (Wildman–Crippen LogP) is 3.82. The summed E-state index contributed by atoms with van der Waals surface area (Å²) < 4.78 is 16.1. The number of amides is 2. The van der Waals surface area contributed by atoms with Crippen LogP contribution in [0.15, 0.2) is 72.9 Å². The molecule has 1 unspecified atom stereocenters. The van der Waals surface area contributed by atoms with Crippen molar-refractivity contribution >= 4 is 29.4 Å². The SMILES string of the molecule is COc1ccc(C(=O)[C@@H]2[C@@H]3C(=O)N(c4ccc5c(c4)OCO5)C(=O)[C@@H]3C3c4ccccc4C=CN32)cc1. The van der Waals surface area contributed by atoms with Crippen molar-refractivity contribution in [2.24, 2.45) is 11.8 Å². The first-order valence-electron chi connectivity index (χ1n) is 12.1. The molecular weight excluding hydrogens is 472 g/mol. The van der Waals surface area contributed by atoms with Gasteiger partial charge >= 0.3 is 0 Å². The minimum atomic E-state index is -0.840. The third-order valence-electron chi connectivity index (χ3n) is 7.72. The Balaban J connectivity index is 1.34. The first kappa shape index (κ1) is 21.7. The number of ketones is 1. The standard InChI is InChI=1S/C29H22N2O6/c1-35-19-9-6-17(7-10-19)27(32)26-24-23(25-20-5-3-2-4-16(20)12-13-30(25)26)28(33)31(29(24)34)18-8-11-21-22(14-18)37-15-36-21/h2-14,23-26H,15H2,1H3/t23-,24+,25?,26-/m0/s1. The van der Waals surface area contributed by atoms with Crippen LogP contribution < -0.4 is 19.1 Å². The number of anilines is 1. The summed E-state index contributed by atoms with van der Waals surface area (Å²) >= 11 is 0. The molecule has 37 heavy (non-hydrogen) atoms. The monoisotopic (exact) mass is 494 g/mol. The van der Waals surface area contributed by atoms with Crippen molar-refractivity contribution in [3.63, 3.8) is 0 Å². The number of fused-ring (bicyclic) bond motifs is 6. The van der Waals surface area contributed by atoms with E-state index in [4.69, 9.17) is 14.2 Å². The maximum Gasteiger partial charge on any atom is 0.240 e. The summed E-state index contributed by atoms with van der Waals surface area (Å²) in [6.45, 7) is 0.0878. The van der Waals surface area contributed by atoms with Gasteiger partial charge in [0.05, 0.1) is 30.7 Å². The van der Waals surface area contributed by atoms with Gasteiger partial charge in [-0.05, 0) is 53.6 Å². The van der Waals surface area contributed by atoms with Gasteiger partial charge in [0.2, 0.25) is 18.6 Å². The Morgan fingerprint density at radius 3 is 2.49 bits per heavy atom. The molecule has 7 rings (SSSR count). The largest absolute Gasteiger partial charge is 0.497 e. The van der Waals surface area contributed by atoms with Crippen molar-refractivity contribution < 1.29 is 28.6 Å². The topological polar surface area (TPSA) is 85.4 Å². The maximum absolute atomic E-state index is 14.0. The normalized spacial score (nSPS) is 24.7. The van der Waals surface area contributed by atoms with Gasteiger partial charge in [0.1, 0.15) is 11.8 Å². The molecule has 184 valence electrons. The molecule has 2 saturated heterocycles. The number of nitrogens with zero attached hydrogens (tertiary/aromatic N) is 2. The zero-order valence-corrected chi connectivity index (χ0v) is 19.9. The Kier molecular flexibility index (Phi) is 4.66. The molecule has 0 aliphatic carbocycles. The van der Waals surface area contributed by atoms with Gasteiger partial charge in [-0.1, -0.05) is 24.3 Å². The third-order valence-corrected chi connectivity index (χ3v) is 7.72. The highest BCUT2D eigenvalue weighted by Crippen LogP contribution is 2.54. The summed E-state index contributed by atoms with van der Waals surface area (Å²) in [7, 11) is 1.56. The zero-order valence-electron chi connectivity index (χ0n) is 19.9. The van der Waals surface area contributed by atoms with Crippen molar-refractivity contribution in [1.29, 1.82) is 0 Å². The van der Waals surface area contributed by atoms with E-state index in [0.29, 0.717) is 28.5 Å². The van der Waals surface area contributed by atoms with E-state index in [1.165, 1.54) is 4.90 Å². The van der Waals surface area contributed by atoms with Gasteiger partial charge in [0.25, 0.3) is 0 Å². The van der Waals surface area contributed by atoms with E-state index in [9.17, 15) is 14.4 Å². The van der Waals surface area contributed by atoms with Crippen LogP contribution in [-0.4, -0.2) is 42.4 Å². The molecular formula is C29H22N2O6. The molecule has 8 nitrogen and oxygen atoms in total. The summed E-state index contributed by atoms with van der Waals surface area (Å²) in [6, 6.07) is 18.4. The van der Waals surface area contributed by atoms with Gasteiger partial charge in [0.15, 0.2) is 17.3 Å². The second-order valence-corrected chi connectivity index (χ2v) is 9.48. The zero-order chi connectivity index (χ0) is 25.3. The summed E-state index contributed by atoms with van der Waals surface area (Å²) in [4.78, 5) is 45.1. The smallest absolute Gasteiger partial charge is 0.240 e. The van der Waals surface area contributed by atoms with Crippen LogP contribution in [0.1, 0.15) is 27.5 Å². The van der Waals surface area contributed by atoms with E-state index in [0.717, 1.165) is 11.1 Å². The van der Waals surface area contributed by atoms with E-state index in [1.807, 2.05) is 41.4 Å². The molecule has 4 aliphatic rings. The first-order chi connectivity index (χ1) is 18.1. The summed E-state index contributed by atoms with van der Waals surface area (Å²) in [5.74, 6) is -0.796. The quantitative estimate of drug-likeness (QED) is 0.403. The molecule has 0 N–H and O–H groups in total. The van der Waals surface area contributed by atoms with E-state index in [2.05, 4.69) is 0 Å². The molecule has 2 fully saturated rings. The fourth-order valence-corrected chi connectivity index (χ4v) is 6.06. The molecule has 8 heteroatoms. The molecule has 2 amide bonds. The lowest BCUT2D eigenvalue weighted by molar-refractivity contribution is -0.123. The number of carbonyl (C=O) groups is 3. The van der Waals surface area contributed by atoms with Crippen LogP contribution >= 0.6 is 0 Å². The molecule has 4 heterocycles. The molecule has 0 saturated carbocycles. The number of hydrogen-bond acceptors (Lipinski definition) is 7. The lowest BCUT2D eigenvalue weighted by Gasteiger charge is -2.35. The lowest BCUT2D eigenvalue weighted by atomic mass is 9.83. The average Bonchev–Trinajstić information content (AvgIpc) is 3.61. The number of rotatable bonds is 4. The van der Waals surface area contributed by atoms with Crippen LogP contribution in [0.2, 0.25) is 0 Å². The van der Waals surface area contributed by atoms with Crippen molar-refractivity contribution in [3.8, 4) is 17.2 Å². The van der Waals surface area contributed by atoms with Crippen LogP contribution in [0, 0.1) is 11.8 Å². The van der Waals surface area contributed by atoms with E-state index < -0.39 is 23.9 Å². The molecule has 0 radical (unpaired) electrons. The van der Waals surface area contributed by atoms with Gasteiger partial charge < -0.3 is 19.1 Å². The highest BCUT2D eigenvalue weighted by molar-refractivity contribution is 6.24. The number of Topliss-reactive ketones (excluding diaryl/α,β-unsaturated/α-hetero) is 1. The number of methoxy groups -OCH3 is 1. The highest BCUT2D eigenvalue weighted by atomic mass is 16.7. The van der Waals surface area contributed by atoms with Gasteiger partial charge in [-0.25, -0.2) is 4.90 Å². The van der Waals surface area contributed by atoms with Crippen molar-refractivity contribution in [3.05, 3.63) is 89.6 Å². The predicted molar refractivity (Wildman–Crippen MR) is 133 cm³/mol. The molecule has 3 aromatic rings. The van der Waals surface area contributed by atoms with Gasteiger partial charge in [-0.3, -0.25) is 14.4 Å². The molecule has 4 aliphatic heterocycles. The number of ether oxygens (including phenoxy) is 3. The van der Waals surface area contributed by atoms with Crippen molar-refractivity contribution in [1.82, 2.24) is 4.90 Å². The van der Waals surface area contributed by atoms with E-state index in [-0.39, 0.29) is 24.4 Å². The van der Waals surface area contributed by atoms with Gasteiger partial charge in [-0.15, -0.1) is 0 Å². The minimum Gasteiger partial charge on any atom is -0.497 e. The number of imide groups is 1. The summed E-state index contributed by atoms with van der Waals surface area (Å²) in [5.41, 5.74) is 2.77. The molecule has 3 aromatic carbocycles. The number of hydrogen-bond donors (Lipinski definition) is 0. The summed E-state index contributed by atoms with van der Waals surface area (Å²) in [6.07, 6.45) is 3.79. The summed E-state index contributed by atoms with van der Waals surface area (Å²) in [5, 5.41) is 0. The second kappa shape index (κ2) is 7.96. The first-order valence-corrected chi connectivity index (χ1v) is 12.1. The Morgan fingerprint density at radius 1 is 0.919 bits per heavy atom. The fourth-order valence-electron chi connectivity index (χ4n) is 6.06. The highest BCUT2D eigenvalue weighted by Gasteiger charge is 2.64. The molecule has 0 spiro atoms. The van der Waals surface area contributed by atoms with Gasteiger partial charge in [-0.2, -0.15) is 0 Å². The Hall–Kier alpha value is -4.59. The Bertz CT molecular complexity index is 1500. The average molecular weight is 495 g/mol. The molecule has 0 bridgehead atoms. The van der Waals surface area contributed by atoms with Crippen molar-refractivity contribution in [2.45, 2.75) is 12.1 Å². The van der Waals surface area contributed by atoms with Gasteiger partial charge in [0, 0.05) is 17.8 Å². The fraction of sp³-hybridized carbons (Fsp3) is 0.207. The minimum absolute atomic E-state index is 0.0878. The Morgan fingerprint density at radius 2 is 1.68 bits per heavy atom. The number of benzene rings is 3. The van der Waals surface area contributed by atoms with E-state index >= 15 is 0 Å². The maximum atomic E-state index is 14.0. The lowest BCUT2D eigenvalue weighted by Crippen LogP contribution is -2.44. The third kappa shape index (κ3) is 3.05. The molecule has 4 atom stereocenters. The van der Waals surface area contributed by atoms with Crippen LogP contribution in [0.3, 0.4) is 0 Å². The Labute approximate surface area is 212 Å². The number of carbonyl (C=O) groups excluding carboxylic acids is 3.